The van der Waals surface area contributed by atoms with E-state index in [0.29, 0.717) is 30.7 Å². The van der Waals surface area contributed by atoms with Gasteiger partial charge in [0, 0.05) is 26.0 Å². The van der Waals surface area contributed by atoms with E-state index in [1.54, 1.807) is 13.2 Å². The third kappa shape index (κ3) is 2.48. The molecule has 1 atom stereocenters. The van der Waals surface area contributed by atoms with E-state index in [0.717, 1.165) is 0 Å². The van der Waals surface area contributed by atoms with Crippen LogP contribution < -0.4 is 10.2 Å². The monoisotopic (exact) mass is 256 g/mol. The number of halogens is 1. The molecule has 0 bridgehead atoms. The molecule has 1 aromatic rings. The van der Waals surface area contributed by atoms with Crippen molar-refractivity contribution < 1.29 is 9.53 Å². The third-order valence-electron chi connectivity index (χ3n) is 2.59. The summed E-state index contributed by atoms with van der Waals surface area (Å²) in [7, 11) is 1.59. The zero-order valence-electron chi connectivity index (χ0n) is 9.39. The molecule has 0 saturated carbocycles. The molecule has 1 saturated heterocycles. The van der Waals surface area contributed by atoms with Crippen LogP contribution in [-0.2, 0) is 9.53 Å². The normalized spacial score (nSPS) is 20.1. The Bertz CT molecular complexity index is 415. The molecule has 0 spiro atoms. The van der Waals surface area contributed by atoms with Gasteiger partial charge < -0.3 is 15.0 Å². The summed E-state index contributed by atoms with van der Waals surface area (Å²) in [6.45, 7) is 1.43. The average Bonchev–Trinajstić information content (AvgIpc) is 2.38. The number of amides is 1. The number of carbonyl (C=O) groups excluding carboxylic acids is 1. The predicted molar refractivity (Wildman–Crippen MR) is 63.1 cm³/mol. The molecule has 1 amide bonds. The molecule has 0 aromatic carbocycles. The van der Waals surface area contributed by atoms with Crippen LogP contribution in [0.1, 0.15) is 0 Å². The maximum atomic E-state index is 11.7. The van der Waals surface area contributed by atoms with Gasteiger partial charge in [0.15, 0.2) is 11.0 Å². The number of ether oxygens (including phenoxy) is 1. The Hall–Kier alpha value is -1.40. The first-order chi connectivity index (χ1) is 8.24. The van der Waals surface area contributed by atoms with E-state index in [1.165, 1.54) is 6.20 Å². The molecule has 0 radical (unpaired) electrons. The SMILES string of the molecule is CNC(=O)C1COCCN1c1nccnc1Cl. The van der Waals surface area contributed by atoms with Gasteiger partial charge in [-0.3, -0.25) is 4.79 Å². The number of anilines is 1. The largest absolute Gasteiger partial charge is 0.377 e. The Labute approximate surface area is 104 Å². The lowest BCUT2D eigenvalue weighted by Crippen LogP contribution is -2.53. The summed E-state index contributed by atoms with van der Waals surface area (Å²) in [5, 5.41) is 2.90. The van der Waals surface area contributed by atoms with Crippen LogP contribution in [0.5, 0.6) is 0 Å². The van der Waals surface area contributed by atoms with Crippen molar-refractivity contribution in [3.63, 3.8) is 0 Å². The van der Waals surface area contributed by atoms with Crippen molar-refractivity contribution in [3.05, 3.63) is 17.5 Å². The first-order valence-corrected chi connectivity index (χ1v) is 5.64. The van der Waals surface area contributed by atoms with Crippen molar-refractivity contribution in [1.29, 1.82) is 0 Å². The topological polar surface area (TPSA) is 67.3 Å². The Morgan fingerprint density at radius 2 is 2.35 bits per heavy atom. The lowest BCUT2D eigenvalue weighted by molar-refractivity contribution is -0.124. The number of nitrogens with one attached hydrogen (secondary N) is 1. The molecule has 1 unspecified atom stereocenters. The van der Waals surface area contributed by atoms with Gasteiger partial charge in [-0.25, -0.2) is 9.97 Å². The summed E-state index contributed by atoms with van der Waals surface area (Å²) < 4.78 is 5.30. The number of nitrogens with zero attached hydrogens (tertiary/aromatic N) is 3. The highest BCUT2D eigenvalue weighted by Crippen LogP contribution is 2.23. The number of aromatic nitrogens is 2. The minimum Gasteiger partial charge on any atom is -0.377 e. The zero-order valence-corrected chi connectivity index (χ0v) is 10.1. The first kappa shape index (κ1) is 12.1. The third-order valence-corrected chi connectivity index (χ3v) is 2.85. The van der Waals surface area contributed by atoms with Crippen LogP contribution in [0.3, 0.4) is 0 Å². The zero-order chi connectivity index (χ0) is 12.3. The van der Waals surface area contributed by atoms with E-state index < -0.39 is 6.04 Å². The lowest BCUT2D eigenvalue weighted by atomic mass is 10.2. The van der Waals surface area contributed by atoms with Gasteiger partial charge in [-0.05, 0) is 0 Å². The van der Waals surface area contributed by atoms with E-state index in [1.807, 2.05) is 4.90 Å². The van der Waals surface area contributed by atoms with Gasteiger partial charge in [0.1, 0.15) is 6.04 Å². The molecule has 1 fully saturated rings. The van der Waals surface area contributed by atoms with Crippen molar-refractivity contribution in [1.82, 2.24) is 15.3 Å². The molecule has 2 rings (SSSR count). The second kappa shape index (κ2) is 5.29. The van der Waals surface area contributed by atoms with Gasteiger partial charge >= 0.3 is 0 Å². The van der Waals surface area contributed by atoms with Gasteiger partial charge in [-0.2, -0.15) is 0 Å². The smallest absolute Gasteiger partial charge is 0.244 e. The molecule has 1 aliphatic heterocycles. The molecule has 0 aliphatic carbocycles. The summed E-state index contributed by atoms with van der Waals surface area (Å²) >= 11 is 5.98. The highest BCUT2D eigenvalue weighted by molar-refractivity contribution is 6.31. The molecule has 7 heteroatoms. The van der Waals surface area contributed by atoms with Crippen LogP contribution in [-0.4, -0.2) is 48.7 Å². The number of hydrogen-bond acceptors (Lipinski definition) is 5. The van der Waals surface area contributed by atoms with Crippen LogP contribution in [0.25, 0.3) is 0 Å². The van der Waals surface area contributed by atoms with Crippen LogP contribution in [0.15, 0.2) is 12.4 Å². The fourth-order valence-electron chi connectivity index (χ4n) is 1.75. The maximum absolute atomic E-state index is 11.7. The van der Waals surface area contributed by atoms with Crippen LogP contribution in [0.4, 0.5) is 5.82 Å². The number of hydrogen-bond donors (Lipinski definition) is 1. The van der Waals surface area contributed by atoms with E-state index in [9.17, 15) is 4.79 Å². The maximum Gasteiger partial charge on any atom is 0.244 e. The highest BCUT2D eigenvalue weighted by atomic mass is 35.5. The number of likely N-dealkylation sites (N-methyl/N-ethyl adjacent to an activating group) is 1. The summed E-state index contributed by atoms with van der Waals surface area (Å²) in [6, 6.07) is -0.414. The summed E-state index contributed by atoms with van der Waals surface area (Å²) in [5.74, 6) is 0.400. The van der Waals surface area contributed by atoms with Gasteiger partial charge in [0.25, 0.3) is 0 Å². The van der Waals surface area contributed by atoms with Crippen molar-refractivity contribution >= 4 is 23.3 Å². The molecule has 2 heterocycles. The average molecular weight is 257 g/mol. The minimum absolute atomic E-state index is 0.119. The van der Waals surface area contributed by atoms with Crippen LogP contribution >= 0.6 is 11.6 Å². The van der Waals surface area contributed by atoms with Gasteiger partial charge in [0.05, 0.1) is 13.2 Å². The number of carbonyl (C=O) groups is 1. The van der Waals surface area contributed by atoms with Crippen molar-refractivity contribution in [2.24, 2.45) is 0 Å². The molecular formula is C10H13ClN4O2. The van der Waals surface area contributed by atoms with Crippen molar-refractivity contribution in [2.45, 2.75) is 6.04 Å². The van der Waals surface area contributed by atoms with E-state index in [4.69, 9.17) is 16.3 Å². The molecule has 92 valence electrons. The van der Waals surface area contributed by atoms with E-state index in [-0.39, 0.29) is 5.91 Å². The fraction of sp³-hybridized carbons (Fsp3) is 0.500. The molecule has 1 aliphatic rings. The molecule has 17 heavy (non-hydrogen) atoms. The summed E-state index contributed by atoms with van der Waals surface area (Å²) in [5.41, 5.74) is 0. The quantitative estimate of drug-likeness (QED) is 0.812. The predicted octanol–water partition coefficient (Wildman–Crippen LogP) is 0.0812. The Morgan fingerprint density at radius 1 is 1.59 bits per heavy atom. The second-order valence-corrected chi connectivity index (χ2v) is 3.93. The molecule has 1 aromatic heterocycles. The Morgan fingerprint density at radius 3 is 3.06 bits per heavy atom. The molecule has 1 N–H and O–H groups in total. The van der Waals surface area contributed by atoms with E-state index >= 15 is 0 Å². The highest BCUT2D eigenvalue weighted by Gasteiger charge is 2.31. The van der Waals surface area contributed by atoms with E-state index in [2.05, 4.69) is 15.3 Å². The number of morpholine rings is 1. The number of rotatable bonds is 2. The standard InChI is InChI=1S/C10H13ClN4O2/c1-12-10(16)7-6-17-5-4-15(7)9-8(11)13-2-3-14-9/h2-3,7H,4-6H2,1H3,(H,12,16). The van der Waals surface area contributed by atoms with Gasteiger partial charge in [-0.15, -0.1) is 0 Å². The molecular weight excluding hydrogens is 244 g/mol. The van der Waals surface area contributed by atoms with Crippen molar-refractivity contribution in [2.75, 3.05) is 31.7 Å². The van der Waals surface area contributed by atoms with Crippen LogP contribution in [0, 0.1) is 0 Å². The van der Waals surface area contributed by atoms with Crippen molar-refractivity contribution in [3.8, 4) is 0 Å². The summed E-state index contributed by atoms with van der Waals surface area (Å²) in [6.07, 6.45) is 3.07. The Kier molecular flexibility index (Phi) is 3.75. The Balaban J connectivity index is 2.28. The van der Waals surface area contributed by atoms with Crippen LogP contribution in [0.2, 0.25) is 5.15 Å². The first-order valence-electron chi connectivity index (χ1n) is 5.26. The minimum atomic E-state index is -0.414. The summed E-state index contributed by atoms with van der Waals surface area (Å²) in [4.78, 5) is 21.7. The van der Waals surface area contributed by atoms with Gasteiger partial charge in [-0.1, -0.05) is 11.6 Å². The second-order valence-electron chi connectivity index (χ2n) is 3.57. The lowest BCUT2D eigenvalue weighted by Gasteiger charge is -2.35. The van der Waals surface area contributed by atoms with Gasteiger partial charge in [0.2, 0.25) is 5.91 Å². The fourth-order valence-corrected chi connectivity index (χ4v) is 1.96. The molecule has 6 nitrogen and oxygen atoms in total.